The summed E-state index contributed by atoms with van der Waals surface area (Å²) in [6, 6.07) is 5.14. The maximum atomic E-state index is 10.9. The van der Waals surface area contributed by atoms with Crippen LogP contribution in [0.25, 0.3) is 0 Å². The van der Waals surface area contributed by atoms with E-state index >= 15 is 0 Å². The molecule has 16 heavy (non-hydrogen) atoms. The van der Waals surface area contributed by atoms with E-state index in [-0.39, 0.29) is 11.1 Å². The van der Waals surface area contributed by atoms with Crippen molar-refractivity contribution >= 4 is 27.3 Å². The fourth-order valence-corrected chi connectivity index (χ4v) is 1.11. The highest BCUT2D eigenvalue weighted by Crippen LogP contribution is 2.25. The third-order valence-corrected chi connectivity index (χ3v) is 1.85. The lowest BCUT2D eigenvalue weighted by Crippen LogP contribution is -2.10. The maximum absolute atomic E-state index is 10.9. The molecule has 0 aliphatic carbocycles. The number of benzene rings is 1. The average Bonchev–Trinajstić information content (AvgIpc) is 2.16. The summed E-state index contributed by atoms with van der Waals surface area (Å²) in [5.41, 5.74) is -0.416. The van der Waals surface area contributed by atoms with Crippen LogP contribution >= 0.6 is 0 Å². The van der Waals surface area contributed by atoms with Gasteiger partial charge in [-0.25, -0.2) is 4.79 Å². The number of carbonyl (C=O) groups excluding carboxylic acids is 1. The second kappa shape index (κ2) is 5.03. The summed E-state index contributed by atoms with van der Waals surface area (Å²) in [5, 5.41) is 10.8. The quantitative estimate of drug-likeness (QED) is 0.246. The summed E-state index contributed by atoms with van der Waals surface area (Å²) in [5.74, 6) is -1.50. The van der Waals surface area contributed by atoms with Gasteiger partial charge in [0.15, 0.2) is 0 Å². The Bertz CT molecular complexity index is 554. The Morgan fingerprint density at radius 3 is 2.56 bits per heavy atom. The molecule has 1 aromatic rings. The summed E-state index contributed by atoms with van der Waals surface area (Å²) >= 11 is 0. The summed E-state index contributed by atoms with van der Waals surface area (Å²) in [4.78, 5) is 20.7. The highest BCUT2D eigenvalue weighted by atomic mass is 32.2. The first-order chi connectivity index (χ1) is 7.50. The average molecular weight is 243 g/mol. The van der Waals surface area contributed by atoms with Crippen molar-refractivity contribution < 1.29 is 22.9 Å². The molecule has 0 saturated heterocycles. The molecule has 0 spiro atoms. The van der Waals surface area contributed by atoms with Crippen molar-refractivity contribution in [2.24, 2.45) is 0 Å². The van der Waals surface area contributed by atoms with Crippen molar-refractivity contribution in [2.45, 2.75) is 0 Å². The van der Waals surface area contributed by atoms with E-state index in [1.165, 1.54) is 18.2 Å². The highest BCUT2D eigenvalue weighted by Gasteiger charge is 2.15. The van der Waals surface area contributed by atoms with Crippen molar-refractivity contribution in [1.82, 2.24) is 0 Å². The minimum absolute atomic E-state index is 0.275. The van der Waals surface area contributed by atoms with Crippen LogP contribution in [0.1, 0.15) is 0 Å². The van der Waals surface area contributed by atoms with Gasteiger partial charge in [-0.15, -0.1) is 0 Å². The molecule has 1 rings (SSSR count). The second-order valence-electron chi connectivity index (χ2n) is 2.52. The van der Waals surface area contributed by atoms with Crippen LogP contribution in [0.15, 0.2) is 24.3 Å². The van der Waals surface area contributed by atoms with E-state index in [9.17, 15) is 23.3 Å². The third-order valence-electron chi connectivity index (χ3n) is 1.46. The molecule has 0 amide bonds. The van der Waals surface area contributed by atoms with Crippen LogP contribution in [0, 0.1) is 10.1 Å². The van der Waals surface area contributed by atoms with Gasteiger partial charge in [0, 0.05) is 6.07 Å². The Morgan fingerprint density at radius 2 is 2.00 bits per heavy atom. The van der Waals surface area contributed by atoms with Crippen LogP contribution in [0.2, 0.25) is 0 Å². The predicted molar refractivity (Wildman–Crippen MR) is 53.7 cm³/mol. The van der Waals surface area contributed by atoms with Crippen molar-refractivity contribution in [3.05, 3.63) is 34.4 Å². The second-order valence-corrected chi connectivity index (χ2v) is 3.28. The molecular weight excluding hydrogens is 238 g/mol. The minimum atomic E-state index is -2.71. The van der Waals surface area contributed by atoms with Gasteiger partial charge in [0.05, 0.1) is 4.92 Å². The van der Waals surface area contributed by atoms with Gasteiger partial charge in [0.1, 0.15) is 5.37 Å². The van der Waals surface area contributed by atoms with Crippen LogP contribution in [0.4, 0.5) is 5.69 Å². The zero-order valence-corrected chi connectivity index (χ0v) is 8.51. The SMILES string of the molecule is O=C(C=S(=O)=O)Oc1ccccc1[N+](=O)[O-]. The number of hydrogen-bond acceptors (Lipinski definition) is 6. The molecule has 0 unspecified atom stereocenters. The summed E-state index contributed by atoms with van der Waals surface area (Å²) in [6.07, 6.45) is 0. The molecule has 1 aromatic carbocycles. The van der Waals surface area contributed by atoms with Gasteiger partial charge in [-0.05, 0) is 6.07 Å². The first-order valence-corrected chi connectivity index (χ1v) is 5.02. The fraction of sp³-hybridized carbons (Fsp3) is 0. The molecule has 0 fully saturated rings. The zero-order chi connectivity index (χ0) is 12.1. The van der Waals surface area contributed by atoms with Gasteiger partial charge in [-0.2, -0.15) is 8.42 Å². The van der Waals surface area contributed by atoms with E-state index in [4.69, 9.17) is 0 Å². The molecule has 7 nitrogen and oxygen atoms in total. The number of nitro benzene ring substituents is 1. The van der Waals surface area contributed by atoms with Crippen molar-refractivity contribution in [1.29, 1.82) is 0 Å². The summed E-state index contributed by atoms with van der Waals surface area (Å²) in [7, 11) is -2.71. The van der Waals surface area contributed by atoms with E-state index in [1.54, 1.807) is 0 Å². The first kappa shape index (κ1) is 11.9. The number of para-hydroxylation sites is 2. The number of hydrogen-bond donors (Lipinski definition) is 0. The van der Waals surface area contributed by atoms with Gasteiger partial charge < -0.3 is 4.74 Å². The smallest absolute Gasteiger partial charge is 0.352 e. The van der Waals surface area contributed by atoms with Crippen LogP contribution in [-0.2, 0) is 15.1 Å². The Morgan fingerprint density at radius 1 is 1.38 bits per heavy atom. The zero-order valence-electron chi connectivity index (χ0n) is 7.69. The first-order valence-electron chi connectivity index (χ1n) is 3.89. The Labute approximate surface area is 91.0 Å². The summed E-state index contributed by atoms with van der Waals surface area (Å²) in [6.45, 7) is 0. The molecule has 0 radical (unpaired) electrons. The molecular formula is C8H5NO6S. The Kier molecular flexibility index (Phi) is 3.72. The number of nitrogens with zero attached hydrogens (tertiary/aromatic N) is 1. The van der Waals surface area contributed by atoms with Crippen molar-refractivity contribution in [2.75, 3.05) is 0 Å². The van der Waals surface area contributed by atoms with Gasteiger partial charge in [-0.3, -0.25) is 10.1 Å². The monoisotopic (exact) mass is 243 g/mol. The van der Waals surface area contributed by atoms with Crippen LogP contribution < -0.4 is 4.74 Å². The molecule has 0 bridgehead atoms. The molecule has 0 atom stereocenters. The molecule has 0 saturated carbocycles. The van der Waals surface area contributed by atoms with Crippen molar-refractivity contribution in [3.63, 3.8) is 0 Å². The Balaban J connectivity index is 3.02. The van der Waals surface area contributed by atoms with Gasteiger partial charge in [0.25, 0.3) is 0 Å². The number of rotatable bonds is 3. The lowest BCUT2D eigenvalue weighted by molar-refractivity contribution is -0.385. The third kappa shape index (κ3) is 3.17. The topological polar surface area (TPSA) is 104 Å². The fourth-order valence-electron chi connectivity index (χ4n) is 0.905. The van der Waals surface area contributed by atoms with E-state index in [0.29, 0.717) is 0 Å². The van der Waals surface area contributed by atoms with E-state index in [0.717, 1.165) is 6.07 Å². The lowest BCUT2D eigenvalue weighted by Gasteiger charge is -2.00. The standard InChI is InChI=1S/C8H5NO6S/c10-8(5-16(13)14)15-7-4-2-1-3-6(7)9(11)12/h1-5H. The van der Waals surface area contributed by atoms with E-state index < -0.39 is 26.9 Å². The van der Waals surface area contributed by atoms with Gasteiger partial charge >= 0.3 is 11.7 Å². The van der Waals surface area contributed by atoms with E-state index in [1.807, 2.05) is 0 Å². The van der Waals surface area contributed by atoms with Crippen LogP contribution in [-0.4, -0.2) is 24.7 Å². The Hall–Kier alpha value is -2.22. The van der Waals surface area contributed by atoms with E-state index in [2.05, 4.69) is 4.74 Å². The number of carbonyl (C=O) groups is 1. The molecule has 0 aliphatic heterocycles. The number of ether oxygens (including phenoxy) is 1. The number of esters is 1. The normalized spacial score (nSPS) is 9.25. The van der Waals surface area contributed by atoms with Gasteiger partial charge in [-0.1, -0.05) is 12.1 Å². The lowest BCUT2D eigenvalue weighted by atomic mass is 10.3. The molecule has 0 N–H and O–H groups in total. The van der Waals surface area contributed by atoms with Gasteiger partial charge in [0.2, 0.25) is 16.0 Å². The highest BCUT2D eigenvalue weighted by molar-refractivity contribution is 7.73. The number of nitro groups is 1. The van der Waals surface area contributed by atoms with Crippen molar-refractivity contribution in [3.8, 4) is 5.75 Å². The summed E-state index contributed by atoms with van der Waals surface area (Å²) < 4.78 is 24.7. The molecule has 84 valence electrons. The predicted octanol–water partition coefficient (Wildman–Crippen LogP) is 0.181. The van der Waals surface area contributed by atoms with Crippen LogP contribution in [0.3, 0.4) is 0 Å². The largest absolute Gasteiger partial charge is 0.415 e. The molecule has 8 heteroatoms. The molecule has 0 aromatic heterocycles. The molecule has 0 aliphatic rings. The maximum Gasteiger partial charge on any atom is 0.352 e. The molecule has 0 heterocycles. The van der Waals surface area contributed by atoms with Crippen LogP contribution in [0.5, 0.6) is 5.75 Å². The minimum Gasteiger partial charge on any atom is -0.415 e.